The number of aliphatic hydroxyl groups excluding tert-OH is 1. The molecule has 0 aromatic heterocycles. The number of hydrogen-bond acceptors (Lipinski definition) is 3. The molecule has 0 aliphatic carbocycles. The Kier molecular flexibility index (Phi) is 1.15. The predicted molar refractivity (Wildman–Crippen MR) is 36.8 cm³/mol. The second kappa shape index (κ2) is 1.97. The van der Waals surface area contributed by atoms with Crippen molar-refractivity contribution < 1.29 is 14.6 Å². The molecule has 1 N–H and O–H groups in total. The van der Waals surface area contributed by atoms with E-state index in [1.165, 1.54) is 6.42 Å². The van der Waals surface area contributed by atoms with Crippen LogP contribution in [0.25, 0.3) is 0 Å². The molecule has 0 aromatic carbocycles. The third kappa shape index (κ3) is 0.687. The number of hydrogen-bond donors (Lipinski definition) is 1. The van der Waals surface area contributed by atoms with Crippen LogP contribution in [0, 0.1) is 11.8 Å². The monoisotopic (exact) mass is 156 g/mol. The molecule has 62 valence electrons. The molecule has 3 heteroatoms. The van der Waals surface area contributed by atoms with E-state index in [-0.39, 0.29) is 5.92 Å². The molecule has 3 aliphatic rings. The Morgan fingerprint density at radius 1 is 1.18 bits per heavy atom. The van der Waals surface area contributed by atoms with Crippen molar-refractivity contribution in [3.05, 3.63) is 0 Å². The van der Waals surface area contributed by atoms with Crippen LogP contribution in [0.15, 0.2) is 0 Å². The van der Waals surface area contributed by atoms with Gasteiger partial charge in [-0.15, -0.1) is 0 Å². The van der Waals surface area contributed by atoms with Crippen LogP contribution in [-0.4, -0.2) is 30.2 Å². The summed E-state index contributed by atoms with van der Waals surface area (Å²) in [5.41, 5.74) is 0. The van der Waals surface area contributed by atoms with Gasteiger partial charge in [0.25, 0.3) is 0 Å². The maximum atomic E-state index is 9.42. The van der Waals surface area contributed by atoms with Crippen LogP contribution in [-0.2, 0) is 9.47 Å². The molecule has 0 aromatic rings. The summed E-state index contributed by atoms with van der Waals surface area (Å²) < 4.78 is 10.8. The highest BCUT2D eigenvalue weighted by molar-refractivity contribution is 4.99. The van der Waals surface area contributed by atoms with Gasteiger partial charge in [0.05, 0.1) is 18.8 Å². The van der Waals surface area contributed by atoms with Crippen LogP contribution in [0.4, 0.5) is 0 Å². The highest BCUT2D eigenvalue weighted by Crippen LogP contribution is 2.48. The molecule has 0 amide bonds. The zero-order valence-corrected chi connectivity index (χ0v) is 6.27. The van der Waals surface area contributed by atoms with E-state index in [0.717, 1.165) is 6.42 Å². The maximum Gasteiger partial charge on any atom is 0.160 e. The maximum absolute atomic E-state index is 9.42. The molecule has 3 heterocycles. The van der Waals surface area contributed by atoms with Gasteiger partial charge < -0.3 is 14.6 Å². The Morgan fingerprint density at radius 2 is 2.00 bits per heavy atom. The summed E-state index contributed by atoms with van der Waals surface area (Å²) in [6, 6.07) is 0. The van der Waals surface area contributed by atoms with E-state index in [9.17, 15) is 5.11 Å². The molecule has 2 bridgehead atoms. The first kappa shape index (κ1) is 6.40. The van der Waals surface area contributed by atoms with Crippen LogP contribution in [0.3, 0.4) is 0 Å². The van der Waals surface area contributed by atoms with E-state index in [1.54, 1.807) is 0 Å². The summed E-state index contributed by atoms with van der Waals surface area (Å²) in [6.07, 6.45) is 2.42. The van der Waals surface area contributed by atoms with E-state index in [2.05, 4.69) is 0 Å². The minimum Gasteiger partial charge on any atom is -0.374 e. The van der Waals surface area contributed by atoms with Crippen LogP contribution in [0.2, 0.25) is 0 Å². The van der Waals surface area contributed by atoms with E-state index < -0.39 is 6.29 Å². The predicted octanol–water partition coefficient (Wildman–Crippen LogP) is 0.129. The first-order chi connectivity index (χ1) is 5.36. The molecule has 3 unspecified atom stereocenters. The van der Waals surface area contributed by atoms with Crippen molar-refractivity contribution in [2.24, 2.45) is 11.8 Å². The number of ether oxygens (including phenoxy) is 2. The van der Waals surface area contributed by atoms with Crippen molar-refractivity contribution in [3.63, 3.8) is 0 Å². The lowest BCUT2D eigenvalue weighted by molar-refractivity contribution is -0.105. The SMILES string of the molecule is OC1OCC2C1[C@@H]1CC[C@H]2O1. The van der Waals surface area contributed by atoms with Crippen LogP contribution < -0.4 is 0 Å². The van der Waals surface area contributed by atoms with Crippen LogP contribution in [0.5, 0.6) is 0 Å². The van der Waals surface area contributed by atoms with E-state index >= 15 is 0 Å². The summed E-state index contributed by atoms with van der Waals surface area (Å²) in [6.45, 7) is 0.701. The molecule has 3 saturated heterocycles. The van der Waals surface area contributed by atoms with Gasteiger partial charge in [-0.25, -0.2) is 0 Å². The van der Waals surface area contributed by atoms with Crippen molar-refractivity contribution in [2.45, 2.75) is 31.3 Å². The zero-order chi connectivity index (χ0) is 7.42. The van der Waals surface area contributed by atoms with Crippen molar-refractivity contribution in [1.82, 2.24) is 0 Å². The second-order valence-electron chi connectivity index (χ2n) is 3.76. The van der Waals surface area contributed by atoms with Gasteiger partial charge in [0.1, 0.15) is 0 Å². The number of fused-ring (bicyclic) bond motifs is 5. The topological polar surface area (TPSA) is 38.7 Å². The highest BCUT2D eigenvalue weighted by atomic mass is 16.6. The molecule has 0 radical (unpaired) electrons. The van der Waals surface area contributed by atoms with Gasteiger partial charge in [-0.1, -0.05) is 0 Å². The minimum atomic E-state index is -0.546. The van der Waals surface area contributed by atoms with Gasteiger partial charge in [-0.2, -0.15) is 0 Å². The average Bonchev–Trinajstić information content (AvgIpc) is 2.60. The van der Waals surface area contributed by atoms with Gasteiger partial charge in [-0.05, 0) is 12.8 Å². The van der Waals surface area contributed by atoms with Crippen molar-refractivity contribution in [3.8, 4) is 0 Å². The minimum absolute atomic E-state index is 0.286. The molecule has 3 aliphatic heterocycles. The van der Waals surface area contributed by atoms with Gasteiger partial charge in [0.15, 0.2) is 6.29 Å². The van der Waals surface area contributed by atoms with Crippen LogP contribution >= 0.6 is 0 Å². The third-order valence-corrected chi connectivity index (χ3v) is 3.28. The summed E-state index contributed by atoms with van der Waals surface area (Å²) in [7, 11) is 0. The first-order valence-electron chi connectivity index (χ1n) is 4.31. The molecule has 3 rings (SSSR count). The Morgan fingerprint density at radius 3 is 2.82 bits per heavy atom. The van der Waals surface area contributed by atoms with Gasteiger partial charge in [0.2, 0.25) is 0 Å². The normalized spacial score (nSPS) is 60.3. The quantitative estimate of drug-likeness (QED) is 0.541. The lowest BCUT2D eigenvalue weighted by atomic mass is 9.81. The fourth-order valence-corrected chi connectivity index (χ4v) is 2.75. The number of rotatable bonds is 0. The third-order valence-electron chi connectivity index (χ3n) is 3.28. The molecule has 5 atom stereocenters. The molecular weight excluding hydrogens is 144 g/mol. The van der Waals surface area contributed by atoms with Gasteiger partial charge >= 0.3 is 0 Å². The fraction of sp³-hybridized carbons (Fsp3) is 1.00. The largest absolute Gasteiger partial charge is 0.374 e. The molecule has 0 spiro atoms. The molecular formula is C8H12O3. The van der Waals surface area contributed by atoms with E-state index in [4.69, 9.17) is 9.47 Å². The summed E-state index contributed by atoms with van der Waals surface area (Å²) >= 11 is 0. The molecule has 11 heavy (non-hydrogen) atoms. The van der Waals surface area contributed by atoms with E-state index in [1.807, 2.05) is 0 Å². The summed E-state index contributed by atoms with van der Waals surface area (Å²) in [5.74, 6) is 0.775. The Balaban J connectivity index is 1.91. The molecule has 0 saturated carbocycles. The summed E-state index contributed by atoms with van der Waals surface area (Å²) in [4.78, 5) is 0. The smallest absolute Gasteiger partial charge is 0.160 e. The molecule has 3 fully saturated rings. The number of aliphatic hydroxyl groups is 1. The zero-order valence-electron chi connectivity index (χ0n) is 6.27. The Bertz CT molecular complexity index is 182. The van der Waals surface area contributed by atoms with Crippen molar-refractivity contribution >= 4 is 0 Å². The lowest BCUT2D eigenvalue weighted by Crippen LogP contribution is -2.30. The Labute approximate surface area is 65.3 Å². The average molecular weight is 156 g/mol. The standard InChI is InChI=1S/C8H12O3/c9-8-7-4(3-10-8)5-1-2-6(7)11-5/h4-9H,1-3H2/t4?,5-,6+,7?,8?/m1/s1. The van der Waals surface area contributed by atoms with Crippen LogP contribution in [0.1, 0.15) is 12.8 Å². The fourth-order valence-electron chi connectivity index (χ4n) is 2.75. The highest BCUT2D eigenvalue weighted by Gasteiger charge is 2.55. The molecule has 3 nitrogen and oxygen atoms in total. The summed E-state index contributed by atoms with van der Waals surface area (Å²) in [5, 5.41) is 9.42. The first-order valence-corrected chi connectivity index (χ1v) is 4.31. The van der Waals surface area contributed by atoms with E-state index in [0.29, 0.717) is 24.7 Å². The van der Waals surface area contributed by atoms with Crippen molar-refractivity contribution in [2.75, 3.05) is 6.61 Å². The second-order valence-corrected chi connectivity index (χ2v) is 3.76. The lowest BCUT2D eigenvalue weighted by Gasteiger charge is -2.19. The van der Waals surface area contributed by atoms with Gasteiger partial charge in [0, 0.05) is 11.8 Å². The Hall–Kier alpha value is -0.120. The van der Waals surface area contributed by atoms with Crippen molar-refractivity contribution in [1.29, 1.82) is 0 Å². The van der Waals surface area contributed by atoms with Gasteiger partial charge in [-0.3, -0.25) is 0 Å².